The summed E-state index contributed by atoms with van der Waals surface area (Å²) in [5, 5.41) is 2.91. The second kappa shape index (κ2) is 7.43. The van der Waals surface area contributed by atoms with E-state index < -0.39 is 11.7 Å². The van der Waals surface area contributed by atoms with Crippen LogP contribution in [0, 0.1) is 5.82 Å². The summed E-state index contributed by atoms with van der Waals surface area (Å²) in [6.07, 6.45) is 0.223. The fourth-order valence-electron chi connectivity index (χ4n) is 2.22. The third-order valence-corrected chi connectivity index (χ3v) is 3.56. The second-order valence-corrected chi connectivity index (χ2v) is 5.46. The summed E-state index contributed by atoms with van der Waals surface area (Å²) in [5.41, 5.74) is 0.812. The molecule has 0 saturated carbocycles. The maximum absolute atomic E-state index is 13.5. The topological polar surface area (TPSA) is 38.1 Å². The van der Waals surface area contributed by atoms with Gasteiger partial charge in [-0.25, -0.2) is 9.37 Å². The quantitative estimate of drug-likeness (QED) is 0.599. The number of aromatic nitrogens is 1. The minimum absolute atomic E-state index is 0.276. The molecule has 0 aliphatic rings. The van der Waals surface area contributed by atoms with E-state index in [0.717, 1.165) is 12.1 Å². The van der Waals surface area contributed by atoms with Gasteiger partial charge in [0, 0.05) is 6.08 Å². The number of rotatable bonds is 5. The Balaban J connectivity index is 1.61. The highest BCUT2D eigenvalue weighted by Gasteiger charge is 2.29. The molecule has 7 heteroatoms. The molecule has 0 bridgehead atoms. The smallest absolute Gasteiger partial charge is 0.416 e. The van der Waals surface area contributed by atoms with Gasteiger partial charge in [-0.2, -0.15) is 13.2 Å². The average Bonchev–Trinajstić information content (AvgIpc) is 3.07. The molecular weight excluding hydrogens is 348 g/mol. The molecule has 0 amide bonds. The van der Waals surface area contributed by atoms with Crippen molar-refractivity contribution < 1.29 is 22.0 Å². The van der Waals surface area contributed by atoms with E-state index in [1.54, 1.807) is 30.4 Å². The first kappa shape index (κ1) is 17.7. The van der Waals surface area contributed by atoms with Gasteiger partial charge >= 0.3 is 6.18 Å². The summed E-state index contributed by atoms with van der Waals surface area (Å²) in [6, 6.07) is 11.0. The summed E-state index contributed by atoms with van der Waals surface area (Å²) < 4.78 is 56.4. The molecular formula is C19H14F4N2O. The predicted octanol–water partition coefficient (Wildman–Crippen LogP) is 5.62. The molecule has 134 valence electrons. The van der Waals surface area contributed by atoms with Crippen LogP contribution in [0.1, 0.15) is 22.7 Å². The van der Waals surface area contributed by atoms with Crippen molar-refractivity contribution in [3.63, 3.8) is 0 Å². The Morgan fingerprint density at radius 1 is 1.00 bits per heavy atom. The van der Waals surface area contributed by atoms with Gasteiger partial charge in [0.1, 0.15) is 12.1 Å². The number of nitrogens with zero attached hydrogens (tertiary/aromatic N) is 1. The summed E-state index contributed by atoms with van der Waals surface area (Å²) >= 11 is 0. The zero-order chi connectivity index (χ0) is 18.6. The lowest BCUT2D eigenvalue weighted by atomic mass is 10.1. The Labute approximate surface area is 147 Å². The minimum atomic E-state index is -4.36. The molecule has 0 saturated heterocycles. The van der Waals surface area contributed by atoms with E-state index in [-0.39, 0.29) is 12.4 Å². The molecule has 3 nitrogen and oxygen atoms in total. The van der Waals surface area contributed by atoms with Gasteiger partial charge < -0.3 is 9.73 Å². The normalized spacial score (nSPS) is 11.8. The average molecular weight is 362 g/mol. The fraction of sp³-hybridized carbons (Fsp3) is 0.105. The number of hydrogen-bond acceptors (Lipinski definition) is 3. The molecule has 0 aliphatic heterocycles. The van der Waals surface area contributed by atoms with Gasteiger partial charge in [0.05, 0.1) is 23.5 Å². The molecule has 0 radical (unpaired) electrons. The van der Waals surface area contributed by atoms with E-state index in [4.69, 9.17) is 4.42 Å². The van der Waals surface area contributed by atoms with Crippen LogP contribution in [0.15, 0.2) is 59.2 Å². The third-order valence-electron chi connectivity index (χ3n) is 3.56. The number of alkyl halides is 3. The van der Waals surface area contributed by atoms with E-state index >= 15 is 0 Å². The molecule has 1 aromatic heterocycles. The van der Waals surface area contributed by atoms with Crippen LogP contribution in [-0.4, -0.2) is 4.98 Å². The van der Waals surface area contributed by atoms with Crippen molar-refractivity contribution in [2.75, 3.05) is 5.32 Å². The molecule has 3 rings (SSSR count). The monoisotopic (exact) mass is 362 g/mol. The maximum Gasteiger partial charge on any atom is 0.416 e. The van der Waals surface area contributed by atoms with Gasteiger partial charge in [-0.3, -0.25) is 0 Å². The fourth-order valence-corrected chi connectivity index (χ4v) is 2.22. The zero-order valence-corrected chi connectivity index (χ0v) is 13.4. The van der Waals surface area contributed by atoms with Gasteiger partial charge in [0.15, 0.2) is 0 Å². The summed E-state index contributed by atoms with van der Waals surface area (Å²) in [4.78, 5) is 4.21. The van der Waals surface area contributed by atoms with Gasteiger partial charge in [0.25, 0.3) is 0 Å². The number of nitrogens with one attached hydrogen (secondary N) is 1. The summed E-state index contributed by atoms with van der Waals surface area (Å²) in [5.74, 6) is -0.0614. The van der Waals surface area contributed by atoms with Crippen molar-refractivity contribution in [1.82, 2.24) is 4.98 Å². The number of benzene rings is 2. The molecule has 1 heterocycles. The van der Waals surface area contributed by atoms with Crippen molar-refractivity contribution in [3.8, 4) is 0 Å². The summed E-state index contributed by atoms with van der Waals surface area (Å²) in [7, 11) is 0. The van der Waals surface area contributed by atoms with Crippen LogP contribution in [-0.2, 0) is 12.7 Å². The van der Waals surface area contributed by atoms with Crippen LogP contribution in [0.2, 0.25) is 0 Å². The molecule has 2 aromatic carbocycles. The van der Waals surface area contributed by atoms with Gasteiger partial charge in [-0.15, -0.1) is 0 Å². The molecule has 3 aromatic rings. The van der Waals surface area contributed by atoms with Crippen LogP contribution in [0.3, 0.4) is 0 Å². The highest BCUT2D eigenvalue weighted by molar-refractivity contribution is 5.66. The standard InChI is InChI=1S/C19H14F4N2O/c20-16-3-1-2-4-17(16)24-11-15-12-26-18(25-15)10-7-13-5-8-14(9-6-13)19(21,22)23/h1-10,12,24H,11H2/b10-7+. The van der Waals surface area contributed by atoms with E-state index in [2.05, 4.69) is 10.3 Å². The number of para-hydroxylation sites is 1. The number of hydrogen-bond donors (Lipinski definition) is 1. The number of anilines is 1. The second-order valence-electron chi connectivity index (χ2n) is 5.46. The Morgan fingerprint density at radius 3 is 2.42 bits per heavy atom. The van der Waals surface area contributed by atoms with Crippen LogP contribution in [0.25, 0.3) is 12.2 Å². The molecule has 26 heavy (non-hydrogen) atoms. The molecule has 0 unspecified atom stereocenters. The third kappa shape index (κ3) is 4.50. The lowest BCUT2D eigenvalue weighted by Crippen LogP contribution is -2.03. The molecule has 0 aliphatic carbocycles. The Kier molecular flexibility index (Phi) is 5.06. The van der Waals surface area contributed by atoms with Crippen molar-refractivity contribution >= 4 is 17.8 Å². The van der Waals surface area contributed by atoms with Crippen LogP contribution >= 0.6 is 0 Å². The van der Waals surface area contributed by atoms with Gasteiger partial charge in [-0.1, -0.05) is 24.3 Å². The van der Waals surface area contributed by atoms with Crippen molar-refractivity contribution in [2.45, 2.75) is 12.7 Å². The largest absolute Gasteiger partial charge is 0.445 e. The highest BCUT2D eigenvalue weighted by atomic mass is 19.4. The minimum Gasteiger partial charge on any atom is -0.445 e. The molecule has 0 atom stereocenters. The lowest BCUT2D eigenvalue weighted by molar-refractivity contribution is -0.137. The molecule has 0 spiro atoms. The molecule has 0 fully saturated rings. The van der Waals surface area contributed by atoms with Crippen molar-refractivity contribution in [3.05, 3.63) is 83.3 Å². The van der Waals surface area contributed by atoms with E-state index in [0.29, 0.717) is 22.8 Å². The highest BCUT2D eigenvalue weighted by Crippen LogP contribution is 2.29. The first-order valence-electron chi connectivity index (χ1n) is 7.70. The predicted molar refractivity (Wildman–Crippen MR) is 90.6 cm³/mol. The van der Waals surface area contributed by atoms with E-state index in [9.17, 15) is 17.6 Å². The maximum atomic E-state index is 13.5. The van der Waals surface area contributed by atoms with Crippen LogP contribution in [0.5, 0.6) is 0 Å². The summed E-state index contributed by atoms with van der Waals surface area (Å²) in [6.45, 7) is 0.276. The first-order valence-corrected chi connectivity index (χ1v) is 7.70. The SMILES string of the molecule is Fc1ccccc1NCc1coc(/C=C/c2ccc(C(F)(F)F)cc2)n1. The van der Waals surface area contributed by atoms with Crippen LogP contribution < -0.4 is 5.32 Å². The van der Waals surface area contributed by atoms with Gasteiger partial charge in [0.2, 0.25) is 5.89 Å². The van der Waals surface area contributed by atoms with Crippen molar-refractivity contribution in [2.24, 2.45) is 0 Å². The zero-order valence-electron chi connectivity index (χ0n) is 13.4. The van der Waals surface area contributed by atoms with Crippen LogP contribution in [0.4, 0.5) is 23.2 Å². The Bertz CT molecular complexity index is 898. The van der Waals surface area contributed by atoms with Gasteiger partial charge in [-0.05, 0) is 35.9 Å². The lowest BCUT2D eigenvalue weighted by Gasteiger charge is -2.05. The molecule has 1 N–H and O–H groups in total. The number of halogens is 4. The van der Waals surface area contributed by atoms with Crippen molar-refractivity contribution in [1.29, 1.82) is 0 Å². The van der Waals surface area contributed by atoms with E-state index in [1.807, 2.05) is 0 Å². The van der Waals surface area contributed by atoms with E-state index in [1.165, 1.54) is 24.5 Å². The Morgan fingerprint density at radius 2 is 1.73 bits per heavy atom. The first-order chi connectivity index (χ1) is 12.4. The number of oxazole rings is 1. The Hall–Kier alpha value is -3.09.